The monoisotopic (exact) mass is 242 g/mol. The van der Waals surface area contributed by atoms with Crippen LogP contribution in [0.2, 0.25) is 0 Å². The van der Waals surface area contributed by atoms with Gasteiger partial charge >= 0.3 is 0 Å². The lowest BCUT2D eigenvalue weighted by Crippen LogP contribution is -1.88. The van der Waals surface area contributed by atoms with Crippen molar-refractivity contribution < 1.29 is 0 Å². The molecular formula is C9H10N2S3. The van der Waals surface area contributed by atoms with Crippen molar-refractivity contribution >= 4 is 44.3 Å². The molecule has 0 aliphatic rings. The molecule has 0 N–H and O–H groups in total. The Balaban J connectivity index is 2.19. The summed E-state index contributed by atoms with van der Waals surface area (Å²) in [5.74, 6) is 1.14. The Morgan fingerprint density at radius 1 is 1.36 bits per heavy atom. The summed E-state index contributed by atoms with van der Waals surface area (Å²) in [5, 5.41) is 0. The molecule has 0 bridgehead atoms. The van der Waals surface area contributed by atoms with E-state index in [0.29, 0.717) is 0 Å². The first-order valence-corrected chi connectivity index (χ1v) is 7.73. The smallest absolute Gasteiger partial charge is 0.108 e. The van der Waals surface area contributed by atoms with Crippen LogP contribution in [0.15, 0.2) is 18.2 Å². The third kappa shape index (κ3) is 2.21. The summed E-state index contributed by atoms with van der Waals surface area (Å²) in [6.07, 6.45) is 3.18. The van der Waals surface area contributed by atoms with Crippen LogP contribution in [0.3, 0.4) is 0 Å². The maximum atomic E-state index is 4.31. The van der Waals surface area contributed by atoms with E-state index < -0.39 is 0 Å². The second-order valence-electron chi connectivity index (χ2n) is 2.79. The van der Waals surface area contributed by atoms with Crippen molar-refractivity contribution in [3.05, 3.63) is 23.8 Å². The Bertz CT molecular complexity index is 413. The predicted molar refractivity (Wildman–Crippen MR) is 67.1 cm³/mol. The van der Waals surface area contributed by atoms with E-state index in [0.717, 1.165) is 23.2 Å². The lowest BCUT2D eigenvalue weighted by Gasteiger charge is -1.99. The second-order valence-corrected chi connectivity index (χ2v) is 6.00. The van der Waals surface area contributed by atoms with Crippen LogP contribution < -0.4 is 0 Å². The van der Waals surface area contributed by atoms with Gasteiger partial charge < -0.3 is 0 Å². The fourth-order valence-corrected chi connectivity index (χ4v) is 3.09. The van der Waals surface area contributed by atoms with Crippen molar-refractivity contribution in [2.45, 2.75) is 6.42 Å². The number of nitrogens with zero attached hydrogens (tertiary/aromatic N) is 2. The van der Waals surface area contributed by atoms with Gasteiger partial charge in [0.05, 0.1) is 11.7 Å². The zero-order valence-electron chi connectivity index (χ0n) is 7.77. The zero-order chi connectivity index (χ0) is 9.80. The van der Waals surface area contributed by atoms with Gasteiger partial charge in [0, 0.05) is 5.75 Å². The van der Waals surface area contributed by atoms with Crippen molar-refractivity contribution in [1.82, 2.24) is 8.75 Å². The van der Waals surface area contributed by atoms with Crippen LogP contribution in [0, 0.1) is 0 Å². The molecule has 0 atom stereocenters. The molecule has 74 valence electrons. The first kappa shape index (κ1) is 10.3. The molecule has 0 saturated heterocycles. The Kier molecular flexibility index (Phi) is 3.67. The lowest BCUT2D eigenvalue weighted by atomic mass is 10.1. The van der Waals surface area contributed by atoms with Crippen LogP contribution in [0.4, 0.5) is 0 Å². The minimum Gasteiger partial charge on any atom is -0.173 e. The molecule has 0 amide bonds. The van der Waals surface area contributed by atoms with Gasteiger partial charge in [0.25, 0.3) is 0 Å². The van der Waals surface area contributed by atoms with Gasteiger partial charge in [-0.3, -0.25) is 0 Å². The van der Waals surface area contributed by atoms with Gasteiger partial charge in [-0.05, 0) is 24.3 Å². The third-order valence-corrected chi connectivity index (χ3v) is 4.30. The number of hydrogen-bond acceptors (Lipinski definition) is 5. The number of rotatable bonds is 4. The number of hydrogen-bond donors (Lipinski definition) is 0. The molecule has 0 fully saturated rings. The summed E-state index contributed by atoms with van der Waals surface area (Å²) in [5.41, 5.74) is 3.43. The van der Waals surface area contributed by atoms with Gasteiger partial charge in [0.15, 0.2) is 0 Å². The molecule has 0 radical (unpaired) electrons. The molecule has 2 nitrogen and oxygen atoms in total. The lowest BCUT2D eigenvalue weighted by molar-refractivity contribution is 1.18. The van der Waals surface area contributed by atoms with E-state index >= 15 is 0 Å². The van der Waals surface area contributed by atoms with E-state index in [-0.39, 0.29) is 0 Å². The molecule has 14 heavy (non-hydrogen) atoms. The Labute approximate surface area is 95.2 Å². The first-order valence-electron chi connectivity index (χ1n) is 4.27. The third-order valence-electron chi connectivity index (χ3n) is 1.94. The predicted octanol–water partition coefficient (Wildman–Crippen LogP) is 3.25. The molecular weight excluding hydrogens is 232 g/mol. The minimum atomic E-state index is 1.03. The molecule has 1 aromatic carbocycles. The molecule has 0 saturated carbocycles. The fourth-order valence-electron chi connectivity index (χ4n) is 1.30. The Morgan fingerprint density at radius 2 is 2.29 bits per heavy atom. The molecule has 2 rings (SSSR count). The van der Waals surface area contributed by atoms with Crippen LogP contribution in [0.1, 0.15) is 5.56 Å². The van der Waals surface area contributed by atoms with Gasteiger partial charge in [-0.25, -0.2) is 0 Å². The molecule has 2 aromatic rings. The number of benzene rings is 1. The molecule has 0 unspecified atom stereocenters. The highest BCUT2D eigenvalue weighted by Crippen LogP contribution is 2.21. The van der Waals surface area contributed by atoms with Crippen molar-refractivity contribution in [2.24, 2.45) is 0 Å². The van der Waals surface area contributed by atoms with E-state index in [1.807, 2.05) is 27.7 Å². The van der Waals surface area contributed by atoms with Gasteiger partial charge in [0.1, 0.15) is 11.0 Å². The Hall–Kier alpha value is -0.260. The number of aryl methyl sites for hydroxylation is 1. The quantitative estimate of drug-likeness (QED) is 0.607. The van der Waals surface area contributed by atoms with Crippen LogP contribution in [0.25, 0.3) is 11.0 Å². The van der Waals surface area contributed by atoms with Crippen molar-refractivity contribution in [3.8, 4) is 0 Å². The molecule has 5 heteroatoms. The van der Waals surface area contributed by atoms with Crippen LogP contribution >= 0.6 is 33.3 Å². The highest BCUT2D eigenvalue weighted by molar-refractivity contribution is 8.76. The topological polar surface area (TPSA) is 25.8 Å². The van der Waals surface area contributed by atoms with Crippen LogP contribution in [-0.2, 0) is 6.42 Å². The van der Waals surface area contributed by atoms with Crippen molar-refractivity contribution in [2.75, 3.05) is 12.0 Å². The van der Waals surface area contributed by atoms with Crippen molar-refractivity contribution in [3.63, 3.8) is 0 Å². The SMILES string of the molecule is CSSCCc1cccc2nsnc12. The summed E-state index contributed by atoms with van der Waals surface area (Å²) in [4.78, 5) is 0. The molecule has 1 heterocycles. The van der Waals surface area contributed by atoms with Crippen LogP contribution in [0.5, 0.6) is 0 Å². The zero-order valence-corrected chi connectivity index (χ0v) is 10.2. The first-order chi connectivity index (χ1) is 6.92. The number of fused-ring (bicyclic) bond motifs is 1. The largest absolute Gasteiger partial charge is 0.173 e. The molecule has 0 aliphatic carbocycles. The highest BCUT2D eigenvalue weighted by atomic mass is 33.1. The Morgan fingerprint density at radius 3 is 3.14 bits per heavy atom. The van der Waals surface area contributed by atoms with Crippen molar-refractivity contribution in [1.29, 1.82) is 0 Å². The van der Waals surface area contributed by atoms with Gasteiger partial charge in [-0.15, -0.1) is 0 Å². The molecule has 1 aromatic heterocycles. The van der Waals surface area contributed by atoms with Gasteiger partial charge in [0.2, 0.25) is 0 Å². The standard InChI is InChI=1S/C9H10N2S3/c1-12-13-6-5-7-3-2-4-8-9(7)11-14-10-8/h2-4H,5-6H2,1H3. The summed E-state index contributed by atoms with van der Waals surface area (Å²) in [6, 6.07) is 6.22. The van der Waals surface area contributed by atoms with E-state index in [1.54, 1.807) is 0 Å². The molecule has 0 spiro atoms. The van der Waals surface area contributed by atoms with E-state index in [2.05, 4.69) is 27.1 Å². The minimum absolute atomic E-state index is 1.03. The average Bonchev–Trinajstić information content (AvgIpc) is 2.67. The van der Waals surface area contributed by atoms with E-state index in [1.165, 1.54) is 17.3 Å². The second kappa shape index (κ2) is 5.00. The fraction of sp³-hybridized carbons (Fsp3) is 0.333. The summed E-state index contributed by atoms with van der Waals surface area (Å²) in [6.45, 7) is 0. The maximum absolute atomic E-state index is 4.31. The normalized spacial score (nSPS) is 10.9. The highest BCUT2D eigenvalue weighted by Gasteiger charge is 2.03. The van der Waals surface area contributed by atoms with Gasteiger partial charge in [-0.1, -0.05) is 33.7 Å². The van der Waals surface area contributed by atoms with E-state index in [4.69, 9.17) is 0 Å². The number of aromatic nitrogens is 2. The van der Waals surface area contributed by atoms with Crippen LogP contribution in [-0.4, -0.2) is 20.8 Å². The molecule has 0 aliphatic heterocycles. The van der Waals surface area contributed by atoms with E-state index in [9.17, 15) is 0 Å². The summed E-state index contributed by atoms with van der Waals surface area (Å²) in [7, 11) is 3.70. The maximum Gasteiger partial charge on any atom is 0.108 e. The summed E-state index contributed by atoms with van der Waals surface area (Å²) < 4.78 is 8.54. The summed E-state index contributed by atoms with van der Waals surface area (Å²) >= 11 is 1.29. The average molecular weight is 242 g/mol. The van der Waals surface area contributed by atoms with Gasteiger partial charge in [-0.2, -0.15) is 8.75 Å².